The van der Waals surface area contributed by atoms with E-state index in [0.717, 1.165) is 17.7 Å². The quantitative estimate of drug-likeness (QED) is 0.283. The zero-order valence-corrected chi connectivity index (χ0v) is 21.9. The number of rotatable bonds is 4. The molecular formula is C29H20BrF3N2O4. The van der Waals surface area contributed by atoms with Crippen molar-refractivity contribution in [1.29, 1.82) is 0 Å². The van der Waals surface area contributed by atoms with Crippen LogP contribution >= 0.6 is 15.9 Å². The van der Waals surface area contributed by atoms with E-state index in [1.165, 1.54) is 19.2 Å². The van der Waals surface area contributed by atoms with Crippen LogP contribution in [0.15, 0.2) is 77.3 Å². The fraction of sp³-hybridized carbons (Fsp3) is 0.207. The number of hydrogen-bond acceptors (Lipinski definition) is 5. The van der Waals surface area contributed by atoms with Gasteiger partial charge in [-0.1, -0.05) is 42.5 Å². The largest absolute Gasteiger partial charge is 0.496 e. The molecule has 4 atom stereocenters. The number of ketones is 1. The van der Waals surface area contributed by atoms with Crippen molar-refractivity contribution in [3.63, 3.8) is 0 Å². The summed E-state index contributed by atoms with van der Waals surface area (Å²) in [4.78, 5) is 44.3. The van der Waals surface area contributed by atoms with Crippen LogP contribution in [-0.4, -0.2) is 36.8 Å². The molecule has 2 fully saturated rings. The highest BCUT2D eigenvalue weighted by Crippen LogP contribution is 2.51. The van der Waals surface area contributed by atoms with Crippen molar-refractivity contribution in [2.24, 2.45) is 11.8 Å². The molecule has 6 rings (SSSR count). The molecule has 3 aromatic carbocycles. The Labute approximate surface area is 229 Å². The molecule has 0 radical (unpaired) electrons. The number of hydrogen-bond donors (Lipinski definition) is 0. The van der Waals surface area contributed by atoms with Crippen LogP contribution in [-0.2, 0) is 15.8 Å². The predicted octanol–water partition coefficient (Wildman–Crippen LogP) is 5.75. The third-order valence-corrected chi connectivity index (χ3v) is 8.19. The Morgan fingerprint density at radius 2 is 1.59 bits per heavy atom. The number of para-hydroxylation sites is 2. The van der Waals surface area contributed by atoms with E-state index in [0.29, 0.717) is 20.8 Å². The SMILES string of the molecule is COc1ccc(C(=O)[C@@H]2[C@@H]3C(=O)N(c4ccccc4C(F)(F)F)C(=O)[C@@H]3[C@@H]3C=Cc4ccccc4N23)cc1Br. The van der Waals surface area contributed by atoms with E-state index in [4.69, 9.17) is 4.74 Å². The first-order valence-electron chi connectivity index (χ1n) is 12.1. The van der Waals surface area contributed by atoms with Crippen LogP contribution < -0.4 is 14.5 Å². The first kappa shape index (κ1) is 25.4. The summed E-state index contributed by atoms with van der Waals surface area (Å²) < 4.78 is 47.4. The van der Waals surface area contributed by atoms with Crippen LogP contribution in [0.2, 0.25) is 0 Å². The Kier molecular flexibility index (Phi) is 5.91. The van der Waals surface area contributed by atoms with Gasteiger partial charge in [-0.3, -0.25) is 14.4 Å². The maximum atomic E-state index is 14.1. The second kappa shape index (κ2) is 9.08. The van der Waals surface area contributed by atoms with Crippen LogP contribution in [0, 0.1) is 11.8 Å². The number of fused-ring (bicyclic) bond motifs is 5. The van der Waals surface area contributed by atoms with Gasteiger partial charge in [0.25, 0.3) is 0 Å². The first-order valence-corrected chi connectivity index (χ1v) is 12.9. The zero-order chi connectivity index (χ0) is 27.6. The van der Waals surface area contributed by atoms with Crippen molar-refractivity contribution in [2.75, 3.05) is 16.9 Å². The van der Waals surface area contributed by atoms with Gasteiger partial charge < -0.3 is 9.64 Å². The first-order chi connectivity index (χ1) is 18.6. The lowest BCUT2D eigenvalue weighted by atomic mass is 9.86. The third-order valence-electron chi connectivity index (χ3n) is 7.57. The Morgan fingerprint density at radius 1 is 0.923 bits per heavy atom. The summed E-state index contributed by atoms with van der Waals surface area (Å²) in [6.07, 6.45) is -1.22. The molecular weight excluding hydrogens is 577 g/mol. The highest BCUT2D eigenvalue weighted by atomic mass is 79.9. The number of carbonyl (C=O) groups excluding carboxylic acids is 3. The van der Waals surface area contributed by atoms with Gasteiger partial charge in [-0.2, -0.15) is 13.2 Å². The number of nitrogens with zero attached hydrogens (tertiary/aromatic N) is 2. The minimum Gasteiger partial charge on any atom is -0.496 e. The van der Waals surface area contributed by atoms with Crippen molar-refractivity contribution in [3.05, 3.63) is 94.0 Å². The lowest BCUT2D eigenvalue weighted by Gasteiger charge is -2.36. The average molecular weight is 597 g/mol. The van der Waals surface area contributed by atoms with Gasteiger partial charge in [0, 0.05) is 11.3 Å². The molecule has 0 aliphatic carbocycles. The number of anilines is 2. The summed E-state index contributed by atoms with van der Waals surface area (Å²) in [7, 11) is 1.49. The Hall–Kier alpha value is -3.92. The van der Waals surface area contributed by atoms with E-state index >= 15 is 0 Å². The molecule has 39 heavy (non-hydrogen) atoms. The van der Waals surface area contributed by atoms with Crippen LogP contribution in [0.3, 0.4) is 0 Å². The average Bonchev–Trinajstić information content (AvgIpc) is 3.40. The number of ether oxygens (including phenoxy) is 1. The predicted molar refractivity (Wildman–Crippen MR) is 141 cm³/mol. The molecule has 2 amide bonds. The van der Waals surface area contributed by atoms with Gasteiger partial charge in [-0.05, 0) is 57.9 Å². The summed E-state index contributed by atoms with van der Waals surface area (Å²) in [6.45, 7) is 0. The molecule has 3 aliphatic rings. The minimum atomic E-state index is -4.78. The molecule has 3 aromatic rings. The van der Waals surface area contributed by atoms with Crippen LogP contribution in [0.5, 0.6) is 5.75 Å². The van der Waals surface area contributed by atoms with E-state index in [1.54, 1.807) is 35.2 Å². The molecule has 198 valence electrons. The lowest BCUT2D eigenvalue weighted by Crippen LogP contribution is -2.49. The summed E-state index contributed by atoms with van der Waals surface area (Å²) in [5, 5.41) is 0. The highest BCUT2D eigenvalue weighted by molar-refractivity contribution is 9.10. The maximum Gasteiger partial charge on any atom is 0.418 e. The fourth-order valence-corrected chi connectivity index (χ4v) is 6.49. The number of benzene rings is 3. The van der Waals surface area contributed by atoms with Crippen molar-refractivity contribution < 1.29 is 32.3 Å². The van der Waals surface area contributed by atoms with Crippen molar-refractivity contribution in [2.45, 2.75) is 18.3 Å². The molecule has 0 saturated carbocycles. The molecule has 3 aliphatic heterocycles. The van der Waals surface area contributed by atoms with E-state index < -0.39 is 58.9 Å². The molecule has 0 bridgehead atoms. The Morgan fingerprint density at radius 3 is 2.28 bits per heavy atom. The molecule has 0 unspecified atom stereocenters. The molecule has 0 aromatic heterocycles. The Bertz CT molecular complexity index is 1570. The number of halogens is 4. The maximum absolute atomic E-state index is 14.1. The topological polar surface area (TPSA) is 66.9 Å². The molecule has 10 heteroatoms. The standard InChI is InChI=1S/C29H20BrF3N2O4/c1-39-22-13-11-16(14-18(22)30)26(36)25-24-23(21-12-10-15-6-2-4-8-19(15)34(21)25)27(37)35(28(24)38)20-9-5-3-7-17(20)29(31,32)33/h2-14,21,23-25H,1H3/t21-,23+,24+,25-/m0/s1. The van der Waals surface area contributed by atoms with Gasteiger partial charge >= 0.3 is 6.18 Å². The van der Waals surface area contributed by atoms with Crippen LogP contribution in [0.25, 0.3) is 6.08 Å². The van der Waals surface area contributed by atoms with Crippen molar-refractivity contribution in [3.8, 4) is 5.75 Å². The summed E-state index contributed by atoms with van der Waals surface area (Å²) in [5.41, 5.74) is 0.137. The molecule has 2 saturated heterocycles. The number of carbonyl (C=O) groups is 3. The van der Waals surface area contributed by atoms with Gasteiger partial charge in [-0.15, -0.1) is 0 Å². The zero-order valence-electron chi connectivity index (χ0n) is 20.4. The van der Waals surface area contributed by atoms with E-state index in [9.17, 15) is 27.6 Å². The minimum absolute atomic E-state index is 0.272. The van der Waals surface area contributed by atoms with Gasteiger partial charge in [0.15, 0.2) is 5.78 Å². The van der Waals surface area contributed by atoms with Gasteiger partial charge in [-0.25, -0.2) is 4.90 Å². The smallest absolute Gasteiger partial charge is 0.418 e. The van der Waals surface area contributed by atoms with Crippen LogP contribution in [0.1, 0.15) is 21.5 Å². The van der Waals surface area contributed by atoms with Gasteiger partial charge in [0.2, 0.25) is 11.8 Å². The van der Waals surface area contributed by atoms with E-state index in [2.05, 4.69) is 15.9 Å². The lowest BCUT2D eigenvalue weighted by molar-refractivity contribution is -0.137. The highest BCUT2D eigenvalue weighted by Gasteiger charge is 2.64. The van der Waals surface area contributed by atoms with Crippen LogP contribution in [0.4, 0.5) is 24.5 Å². The number of methoxy groups -OCH3 is 1. The van der Waals surface area contributed by atoms with Crippen molar-refractivity contribution >= 4 is 51.0 Å². The molecule has 0 N–H and O–H groups in total. The van der Waals surface area contributed by atoms with Crippen molar-refractivity contribution in [1.82, 2.24) is 0 Å². The number of Topliss-reactive ketones (excluding diaryl/α,β-unsaturated/α-hetero) is 1. The summed E-state index contributed by atoms with van der Waals surface area (Å²) in [6, 6.07) is 14.7. The summed E-state index contributed by atoms with van der Waals surface area (Å²) in [5.74, 6) is -3.73. The molecule has 3 heterocycles. The second-order valence-electron chi connectivity index (χ2n) is 9.55. The van der Waals surface area contributed by atoms with E-state index in [-0.39, 0.29) is 5.56 Å². The van der Waals surface area contributed by atoms with Gasteiger partial charge in [0.05, 0.1) is 40.7 Å². The monoisotopic (exact) mass is 596 g/mol. The third kappa shape index (κ3) is 3.80. The molecule has 0 spiro atoms. The Balaban J connectivity index is 1.50. The number of alkyl halides is 3. The van der Waals surface area contributed by atoms with Gasteiger partial charge in [0.1, 0.15) is 11.8 Å². The second-order valence-corrected chi connectivity index (χ2v) is 10.4. The summed E-state index contributed by atoms with van der Waals surface area (Å²) >= 11 is 3.39. The normalized spacial score (nSPS) is 23.5. The van der Waals surface area contributed by atoms with E-state index in [1.807, 2.05) is 24.3 Å². The fourth-order valence-electron chi connectivity index (χ4n) is 5.95. The molecule has 6 nitrogen and oxygen atoms in total. The number of amides is 2. The number of imide groups is 1.